The summed E-state index contributed by atoms with van der Waals surface area (Å²) >= 11 is 0. The lowest BCUT2D eigenvalue weighted by atomic mass is 9.68. The lowest BCUT2D eigenvalue weighted by Gasteiger charge is -2.34. The van der Waals surface area contributed by atoms with Gasteiger partial charge < -0.3 is 13.7 Å². The summed E-state index contributed by atoms with van der Waals surface area (Å²) in [5, 5.41) is 9.12. The van der Waals surface area contributed by atoms with E-state index in [1.165, 1.54) is 44.2 Å². The molecule has 14 aromatic rings. The minimum absolute atomic E-state index is 0.482. The highest BCUT2D eigenvalue weighted by atomic mass is 16.3. The molecule has 1 aliphatic carbocycles. The third-order valence-electron chi connectivity index (χ3n) is 15.3. The Hall–Kier alpha value is -9.44. The van der Waals surface area contributed by atoms with Crippen molar-refractivity contribution in [3.8, 4) is 33.4 Å². The smallest absolute Gasteiger partial charge is 0.143 e. The second-order valence-electron chi connectivity index (χ2n) is 19.1. The third-order valence-corrected chi connectivity index (χ3v) is 15.3. The van der Waals surface area contributed by atoms with Crippen LogP contribution in [0.5, 0.6) is 0 Å². The topological polar surface area (TPSA) is 29.5 Å². The fourth-order valence-electron chi connectivity index (χ4n) is 12.0. The van der Waals surface area contributed by atoms with Crippen LogP contribution >= 0.6 is 0 Å². The molecule has 0 saturated carbocycles. The Morgan fingerprint density at radius 1 is 0.278 bits per heavy atom. The van der Waals surface area contributed by atoms with E-state index >= 15 is 0 Å². The van der Waals surface area contributed by atoms with Crippen molar-refractivity contribution in [3.63, 3.8) is 0 Å². The highest BCUT2D eigenvalue weighted by Gasteiger charge is 2.46. The van der Waals surface area contributed by atoms with Gasteiger partial charge in [-0.2, -0.15) is 0 Å². The van der Waals surface area contributed by atoms with Crippen LogP contribution in [-0.4, -0.2) is 0 Å². The van der Waals surface area contributed by atoms with E-state index < -0.39 is 5.41 Å². The number of anilines is 3. The van der Waals surface area contributed by atoms with E-state index in [4.69, 9.17) is 8.83 Å². The van der Waals surface area contributed by atoms with E-state index in [-0.39, 0.29) is 0 Å². The van der Waals surface area contributed by atoms with Crippen molar-refractivity contribution in [2.45, 2.75) is 5.41 Å². The molecule has 3 heteroatoms. The van der Waals surface area contributed by atoms with Gasteiger partial charge in [0.2, 0.25) is 0 Å². The Bertz CT molecular complexity index is 4200. The third kappa shape index (κ3) is 6.04. The number of hydrogen-bond donors (Lipinski definition) is 0. The first-order valence-corrected chi connectivity index (χ1v) is 24.7. The number of nitrogens with zero attached hydrogens (tertiary/aromatic N) is 1. The zero-order chi connectivity index (χ0) is 47.3. The fraction of sp³-hybridized carbons (Fsp3) is 0.0145. The number of hydrogen-bond acceptors (Lipinski definition) is 3. The van der Waals surface area contributed by atoms with Crippen molar-refractivity contribution in [1.29, 1.82) is 0 Å². The quantitative estimate of drug-likeness (QED) is 0.160. The number of furan rings is 2. The van der Waals surface area contributed by atoms with Crippen molar-refractivity contribution in [1.82, 2.24) is 0 Å². The molecule has 3 nitrogen and oxygen atoms in total. The summed E-state index contributed by atoms with van der Waals surface area (Å²) in [6, 6.07) is 94.9. The molecule has 72 heavy (non-hydrogen) atoms. The predicted molar refractivity (Wildman–Crippen MR) is 299 cm³/mol. The van der Waals surface area contributed by atoms with Crippen molar-refractivity contribution in [2.24, 2.45) is 0 Å². The SMILES string of the molecule is c1ccc(C2(c3ccccc3)c3ccccc3-c3cc(N(c4ccc(-c5ccc6oc7c8ccccc8ccc7c6c5)cc4)c4ccc(-c5ccc6oc7c8ccccc8ccc7c6c5)cc4)ccc32)cc1. The van der Waals surface area contributed by atoms with Gasteiger partial charge in [-0.05, 0) is 139 Å². The number of benzene rings is 12. The van der Waals surface area contributed by atoms with Crippen LogP contribution in [0.25, 0.3) is 98.8 Å². The van der Waals surface area contributed by atoms with Gasteiger partial charge in [-0.25, -0.2) is 0 Å². The molecule has 0 atom stereocenters. The van der Waals surface area contributed by atoms with Crippen LogP contribution in [0.1, 0.15) is 22.3 Å². The minimum atomic E-state index is -0.482. The minimum Gasteiger partial charge on any atom is -0.455 e. The summed E-state index contributed by atoms with van der Waals surface area (Å²) in [6.07, 6.45) is 0. The van der Waals surface area contributed by atoms with Crippen molar-refractivity contribution >= 4 is 82.5 Å². The van der Waals surface area contributed by atoms with Gasteiger partial charge in [-0.1, -0.05) is 188 Å². The molecule has 12 aromatic carbocycles. The first-order valence-electron chi connectivity index (χ1n) is 24.7. The summed E-state index contributed by atoms with van der Waals surface area (Å²) in [4.78, 5) is 2.40. The molecule has 0 saturated heterocycles. The molecule has 15 rings (SSSR count). The second kappa shape index (κ2) is 15.8. The first-order chi connectivity index (χ1) is 35.7. The molecule has 2 aromatic heterocycles. The van der Waals surface area contributed by atoms with Gasteiger partial charge in [0.15, 0.2) is 0 Å². The molecule has 0 amide bonds. The van der Waals surface area contributed by atoms with Crippen LogP contribution in [0, 0.1) is 0 Å². The van der Waals surface area contributed by atoms with Crippen LogP contribution in [0.4, 0.5) is 17.1 Å². The van der Waals surface area contributed by atoms with Gasteiger partial charge in [-0.3, -0.25) is 0 Å². The standard InChI is InChI=1S/C69H43NO2/c1-3-15-50(16-4-1)69(51-17-5-2-6-18-51)63-22-12-11-21-57(63)60-43-54(35-38-64(60)69)70(52-31-23-44(24-32-52)48-29-39-65-61(41-48)58-36-27-46-13-7-9-19-55(46)67(58)71-65)53-33-25-45(26-34-53)49-30-40-66-62(42-49)59-37-28-47-14-8-10-20-56(47)68(59)72-66/h1-43H. The molecule has 0 spiro atoms. The van der Waals surface area contributed by atoms with E-state index in [1.54, 1.807) is 0 Å². The zero-order valence-electron chi connectivity index (χ0n) is 39.1. The molecular weight excluding hydrogens is 875 g/mol. The summed E-state index contributed by atoms with van der Waals surface area (Å²) in [5.41, 5.74) is 18.5. The van der Waals surface area contributed by atoms with Gasteiger partial charge in [0.25, 0.3) is 0 Å². The van der Waals surface area contributed by atoms with E-state index in [9.17, 15) is 0 Å². The maximum atomic E-state index is 6.49. The highest BCUT2D eigenvalue weighted by molar-refractivity contribution is 6.17. The highest BCUT2D eigenvalue weighted by Crippen LogP contribution is 2.57. The van der Waals surface area contributed by atoms with Crippen LogP contribution in [0.2, 0.25) is 0 Å². The van der Waals surface area contributed by atoms with E-state index in [0.29, 0.717) is 0 Å². The Kier molecular flexibility index (Phi) is 8.87. The van der Waals surface area contributed by atoms with Gasteiger partial charge in [0, 0.05) is 49.4 Å². The molecule has 1 aliphatic rings. The lowest BCUT2D eigenvalue weighted by Crippen LogP contribution is -2.28. The monoisotopic (exact) mass is 917 g/mol. The van der Waals surface area contributed by atoms with Gasteiger partial charge >= 0.3 is 0 Å². The largest absolute Gasteiger partial charge is 0.455 e. The van der Waals surface area contributed by atoms with E-state index in [1.807, 2.05) is 0 Å². The Labute approximate surface area is 416 Å². The molecule has 0 fully saturated rings. The maximum absolute atomic E-state index is 6.49. The molecule has 0 radical (unpaired) electrons. The van der Waals surface area contributed by atoms with Gasteiger partial charge in [0.05, 0.1) is 5.41 Å². The Balaban J connectivity index is 0.866. The summed E-state index contributed by atoms with van der Waals surface area (Å²) in [6.45, 7) is 0. The number of fused-ring (bicyclic) bond motifs is 13. The van der Waals surface area contributed by atoms with Crippen LogP contribution in [0.3, 0.4) is 0 Å². The second-order valence-corrected chi connectivity index (χ2v) is 19.1. The molecule has 0 N–H and O–H groups in total. The molecule has 0 unspecified atom stereocenters. The van der Waals surface area contributed by atoms with Crippen LogP contribution < -0.4 is 4.90 Å². The predicted octanol–water partition coefficient (Wildman–Crippen LogP) is 19.0. The van der Waals surface area contributed by atoms with Crippen LogP contribution in [-0.2, 0) is 5.41 Å². The molecule has 0 aliphatic heterocycles. The van der Waals surface area contributed by atoms with Crippen molar-refractivity contribution in [3.05, 3.63) is 283 Å². The Morgan fingerprint density at radius 3 is 1.26 bits per heavy atom. The summed E-state index contributed by atoms with van der Waals surface area (Å²) in [5.74, 6) is 0. The van der Waals surface area contributed by atoms with Crippen molar-refractivity contribution in [2.75, 3.05) is 4.90 Å². The van der Waals surface area contributed by atoms with Gasteiger partial charge in [-0.15, -0.1) is 0 Å². The molecule has 0 bridgehead atoms. The Morgan fingerprint density at radius 2 is 0.722 bits per heavy atom. The number of rotatable bonds is 7. The van der Waals surface area contributed by atoms with Crippen LogP contribution in [0.15, 0.2) is 270 Å². The molecular formula is C69H43NO2. The summed E-state index contributed by atoms with van der Waals surface area (Å²) < 4.78 is 13.0. The zero-order valence-corrected chi connectivity index (χ0v) is 39.1. The van der Waals surface area contributed by atoms with Gasteiger partial charge in [0.1, 0.15) is 22.3 Å². The molecule has 2 heterocycles. The van der Waals surface area contributed by atoms with E-state index in [2.05, 4.69) is 266 Å². The summed E-state index contributed by atoms with van der Waals surface area (Å²) in [7, 11) is 0. The normalized spacial score (nSPS) is 12.8. The average Bonchev–Trinajstić information content (AvgIpc) is 4.12. The first kappa shape index (κ1) is 40.4. The van der Waals surface area contributed by atoms with E-state index in [0.717, 1.165) is 94.0 Å². The fourth-order valence-corrected chi connectivity index (χ4v) is 12.0. The lowest BCUT2D eigenvalue weighted by molar-refractivity contribution is 0.672. The van der Waals surface area contributed by atoms with Crippen molar-refractivity contribution < 1.29 is 8.83 Å². The maximum Gasteiger partial charge on any atom is 0.143 e. The average molecular weight is 918 g/mol. The molecule has 336 valence electrons.